The molecule has 2 aliphatic rings. The van der Waals surface area contributed by atoms with Crippen molar-refractivity contribution in [2.45, 2.75) is 31.8 Å². The zero-order valence-electron chi connectivity index (χ0n) is 12.7. The van der Waals surface area contributed by atoms with Gasteiger partial charge in [0.1, 0.15) is 12.6 Å². The summed E-state index contributed by atoms with van der Waals surface area (Å²) >= 11 is 0. The van der Waals surface area contributed by atoms with Crippen LogP contribution in [-0.2, 0) is 20.9 Å². The summed E-state index contributed by atoms with van der Waals surface area (Å²) in [4.78, 5) is 28.5. The van der Waals surface area contributed by atoms with Crippen LogP contribution in [0, 0.1) is 0 Å². The Bertz CT molecular complexity index is 526. The highest BCUT2D eigenvalue weighted by Crippen LogP contribution is 2.18. The number of amides is 2. The minimum Gasteiger partial charge on any atom is -0.369 e. The number of benzene rings is 1. The standard InChI is InChI=1S/C17H22N2O3/c20-16-13-22-12-15(17(21)18-9-5-2-6-10-18)19(16)11-14-7-3-1-4-8-14/h1,3-4,7-8,15H,2,5-6,9-13H2/t15-/m0/s1. The molecule has 118 valence electrons. The molecule has 0 spiro atoms. The second-order valence-electron chi connectivity index (χ2n) is 5.92. The molecule has 0 aliphatic carbocycles. The lowest BCUT2D eigenvalue weighted by molar-refractivity contribution is -0.160. The molecule has 2 heterocycles. The predicted octanol–water partition coefficient (Wildman–Crippen LogP) is 1.43. The van der Waals surface area contributed by atoms with Crippen molar-refractivity contribution >= 4 is 11.8 Å². The Morgan fingerprint density at radius 3 is 2.59 bits per heavy atom. The van der Waals surface area contributed by atoms with Gasteiger partial charge in [0.25, 0.3) is 0 Å². The van der Waals surface area contributed by atoms with Crippen molar-refractivity contribution in [2.75, 3.05) is 26.3 Å². The van der Waals surface area contributed by atoms with Gasteiger partial charge < -0.3 is 14.5 Å². The lowest BCUT2D eigenvalue weighted by atomic mass is 10.1. The zero-order valence-corrected chi connectivity index (χ0v) is 12.7. The number of hydrogen-bond donors (Lipinski definition) is 0. The number of ether oxygens (including phenoxy) is 1. The molecule has 0 aromatic heterocycles. The Morgan fingerprint density at radius 1 is 1.14 bits per heavy atom. The molecule has 2 saturated heterocycles. The third-order valence-corrected chi connectivity index (χ3v) is 4.35. The van der Waals surface area contributed by atoms with Gasteiger partial charge >= 0.3 is 0 Å². The molecule has 0 unspecified atom stereocenters. The van der Waals surface area contributed by atoms with Crippen LogP contribution < -0.4 is 0 Å². The molecule has 3 rings (SSSR count). The van der Waals surface area contributed by atoms with E-state index in [9.17, 15) is 9.59 Å². The average Bonchev–Trinajstić information content (AvgIpc) is 2.58. The minimum absolute atomic E-state index is 0.0312. The highest BCUT2D eigenvalue weighted by molar-refractivity contribution is 5.89. The first-order valence-corrected chi connectivity index (χ1v) is 7.95. The fourth-order valence-corrected chi connectivity index (χ4v) is 3.11. The van der Waals surface area contributed by atoms with Crippen molar-refractivity contribution in [2.24, 2.45) is 0 Å². The summed E-state index contributed by atoms with van der Waals surface area (Å²) in [6.07, 6.45) is 3.27. The van der Waals surface area contributed by atoms with E-state index in [0.29, 0.717) is 13.2 Å². The molecular weight excluding hydrogens is 280 g/mol. The van der Waals surface area contributed by atoms with Crippen molar-refractivity contribution in [3.63, 3.8) is 0 Å². The molecule has 0 bridgehead atoms. The van der Waals surface area contributed by atoms with Crippen LogP contribution in [0.2, 0.25) is 0 Å². The molecule has 2 aliphatic heterocycles. The molecule has 0 radical (unpaired) electrons. The first-order valence-electron chi connectivity index (χ1n) is 7.95. The number of morpholine rings is 1. The van der Waals surface area contributed by atoms with Crippen molar-refractivity contribution in [1.29, 1.82) is 0 Å². The predicted molar refractivity (Wildman–Crippen MR) is 82.0 cm³/mol. The molecule has 1 aromatic rings. The zero-order chi connectivity index (χ0) is 15.4. The molecule has 2 fully saturated rings. The van der Waals surface area contributed by atoms with Crippen molar-refractivity contribution in [1.82, 2.24) is 9.80 Å². The summed E-state index contributed by atoms with van der Waals surface area (Å²) in [5.74, 6) is -0.0749. The van der Waals surface area contributed by atoms with Crippen molar-refractivity contribution < 1.29 is 14.3 Å². The van der Waals surface area contributed by atoms with E-state index < -0.39 is 6.04 Å². The molecule has 5 nitrogen and oxygen atoms in total. The summed E-state index contributed by atoms with van der Waals surface area (Å²) < 4.78 is 5.34. The van der Waals surface area contributed by atoms with Gasteiger partial charge in [0.05, 0.1) is 6.61 Å². The quantitative estimate of drug-likeness (QED) is 0.848. The van der Waals surface area contributed by atoms with Crippen LogP contribution in [-0.4, -0.2) is 54.0 Å². The van der Waals surface area contributed by atoms with E-state index in [0.717, 1.165) is 31.5 Å². The van der Waals surface area contributed by atoms with Gasteiger partial charge in [-0.3, -0.25) is 9.59 Å². The second-order valence-corrected chi connectivity index (χ2v) is 5.92. The van der Waals surface area contributed by atoms with Gasteiger partial charge in [0.2, 0.25) is 11.8 Å². The van der Waals surface area contributed by atoms with Gasteiger partial charge in [-0.05, 0) is 24.8 Å². The van der Waals surface area contributed by atoms with E-state index in [-0.39, 0.29) is 18.4 Å². The number of hydrogen-bond acceptors (Lipinski definition) is 3. The largest absolute Gasteiger partial charge is 0.369 e. The first kappa shape index (κ1) is 15.0. The molecule has 22 heavy (non-hydrogen) atoms. The van der Waals surface area contributed by atoms with Gasteiger partial charge in [0.15, 0.2) is 0 Å². The maximum absolute atomic E-state index is 12.8. The number of carbonyl (C=O) groups is 2. The summed E-state index contributed by atoms with van der Waals surface area (Å²) in [7, 11) is 0. The summed E-state index contributed by atoms with van der Waals surface area (Å²) in [6, 6.07) is 9.31. The van der Waals surface area contributed by atoms with Crippen LogP contribution in [0.4, 0.5) is 0 Å². The van der Waals surface area contributed by atoms with E-state index in [1.54, 1.807) is 4.90 Å². The van der Waals surface area contributed by atoms with E-state index in [1.165, 1.54) is 6.42 Å². The fraction of sp³-hybridized carbons (Fsp3) is 0.529. The van der Waals surface area contributed by atoms with Crippen molar-refractivity contribution in [3.05, 3.63) is 35.9 Å². The van der Waals surface area contributed by atoms with Crippen molar-refractivity contribution in [3.8, 4) is 0 Å². The maximum atomic E-state index is 12.8. The number of piperidine rings is 1. The Balaban J connectivity index is 1.74. The summed E-state index contributed by atoms with van der Waals surface area (Å²) in [5.41, 5.74) is 1.04. The van der Waals surface area contributed by atoms with E-state index in [2.05, 4.69) is 0 Å². The molecule has 0 saturated carbocycles. The highest BCUT2D eigenvalue weighted by atomic mass is 16.5. The lowest BCUT2D eigenvalue weighted by Gasteiger charge is -2.38. The van der Waals surface area contributed by atoms with E-state index in [4.69, 9.17) is 4.74 Å². The Kier molecular flexibility index (Phi) is 4.73. The topological polar surface area (TPSA) is 49.9 Å². The summed E-state index contributed by atoms with van der Waals surface area (Å²) in [5, 5.41) is 0. The SMILES string of the molecule is O=C([C@@H]1COCC(=O)N1Cc1ccccc1)N1CCCCC1. The average molecular weight is 302 g/mol. The Hall–Kier alpha value is -1.88. The fourth-order valence-electron chi connectivity index (χ4n) is 3.11. The Labute approximate surface area is 130 Å². The van der Waals surface area contributed by atoms with Crippen LogP contribution in [0.5, 0.6) is 0 Å². The van der Waals surface area contributed by atoms with Crippen LogP contribution in [0.25, 0.3) is 0 Å². The first-order chi connectivity index (χ1) is 10.8. The molecule has 2 amide bonds. The molecule has 0 N–H and O–H groups in total. The van der Waals surface area contributed by atoms with E-state index >= 15 is 0 Å². The van der Waals surface area contributed by atoms with Crippen LogP contribution >= 0.6 is 0 Å². The smallest absolute Gasteiger partial charge is 0.249 e. The van der Waals surface area contributed by atoms with Gasteiger partial charge in [-0.2, -0.15) is 0 Å². The monoisotopic (exact) mass is 302 g/mol. The molecule has 5 heteroatoms. The summed E-state index contributed by atoms with van der Waals surface area (Å²) in [6.45, 7) is 2.42. The van der Waals surface area contributed by atoms with Gasteiger partial charge in [0, 0.05) is 19.6 Å². The third-order valence-electron chi connectivity index (χ3n) is 4.35. The molecule has 1 aromatic carbocycles. The van der Waals surface area contributed by atoms with Crippen LogP contribution in [0.15, 0.2) is 30.3 Å². The maximum Gasteiger partial charge on any atom is 0.249 e. The highest BCUT2D eigenvalue weighted by Gasteiger charge is 2.36. The number of likely N-dealkylation sites (tertiary alicyclic amines) is 1. The van der Waals surface area contributed by atoms with E-state index in [1.807, 2.05) is 35.2 Å². The second kappa shape index (κ2) is 6.92. The van der Waals surface area contributed by atoms with Gasteiger partial charge in [-0.25, -0.2) is 0 Å². The third kappa shape index (κ3) is 3.30. The minimum atomic E-state index is -0.487. The normalized spacial score (nSPS) is 22.7. The van der Waals surface area contributed by atoms with Crippen LogP contribution in [0.1, 0.15) is 24.8 Å². The molecule has 1 atom stereocenters. The number of rotatable bonds is 3. The number of nitrogens with zero attached hydrogens (tertiary/aromatic N) is 2. The Morgan fingerprint density at radius 2 is 1.86 bits per heavy atom. The van der Waals surface area contributed by atoms with Crippen LogP contribution in [0.3, 0.4) is 0 Å². The number of carbonyl (C=O) groups excluding carboxylic acids is 2. The molecular formula is C17H22N2O3. The van der Waals surface area contributed by atoms with Gasteiger partial charge in [-0.1, -0.05) is 30.3 Å². The van der Waals surface area contributed by atoms with Gasteiger partial charge in [-0.15, -0.1) is 0 Å². The lowest BCUT2D eigenvalue weighted by Crippen LogP contribution is -2.57.